The van der Waals surface area contributed by atoms with Crippen LogP contribution in [0.5, 0.6) is 5.75 Å². The summed E-state index contributed by atoms with van der Waals surface area (Å²) < 4.78 is 57.1. The quantitative estimate of drug-likeness (QED) is 0.615. The van der Waals surface area contributed by atoms with E-state index < -0.39 is 17.2 Å². The molecule has 0 bridgehead atoms. The van der Waals surface area contributed by atoms with Gasteiger partial charge in [0.1, 0.15) is 5.75 Å². The van der Waals surface area contributed by atoms with E-state index in [0.29, 0.717) is 24.2 Å². The third kappa shape index (κ3) is 5.96. The topological polar surface area (TPSA) is 80.6 Å². The van der Waals surface area contributed by atoms with E-state index in [1.165, 1.54) is 4.57 Å². The number of nitrogens with zero attached hydrogens (tertiary/aromatic N) is 1. The highest BCUT2D eigenvalue weighted by Gasteiger charge is 2.41. The molecule has 1 unspecified atom stereocenters. The summed E-state index contributed by atoms with van der Waals surface area (Å²) in [5, 5.41) is 0. The Balaban J connectivity index is 1.63. The molecule has 1 saturated carbocycles. The van der Waals surface area contributed by atoms with Gasteiger partial charge >= 0.3 is 0 Å². The molecule has 3 rings (SSSR count). The van der Waals surface area contributed by atoms with Gasteiger partial charge in [-0.2, -0.15) is 0 Å². The van der Waals surface area contributed by atoms with Gasteiger partial charge in [-0.15, -0.1) is 0 Å². The van der Waals surface area contributed by atoms with Gasteiger partial charge in [-0.3, -0.25) is 9.35 Å². The van der Waals surface area contributed by atoms with Crippen LogP contribution in [0.4, 0.5) is 8.78 Å². The third-order valence-corrected chi connectivity index (χ3v) is 6.05. The predicted octanol–water partition coefficient (Wildman–Crippen LogP) is 3.60. The third-order valence-electron chi connectivity index (χ3n) is 5.60. The summed E-state index contributed by atoms with van der Waals surface area (Å²) in [6.45, 7) is 0.436. The first kappa shape index (κ1) is 22.6. The van der Waals surface area contributed by atoms with Gasteiger partial charge in [0.05, 0.1) is 6.61 Å². The maximum Gasteiger partial charge on any atom is 0.258 e. The Kier molecular flexibility index (Phi) is 7.38. The van der Waals surface area contributed by atoms with Gasteiger partial charge in [-0.25, -0.2) is 17.7 Å². The Morgan fingerprint density at radius 3 is 2.70 bits per heavy atom. The molecule has 1 aliphatic carbocycles. The number of pyridine rings is 1. The van der Waals surface area contributed by atoms with Crippen LogP contribution in [-0.4, -0.2) is 32.4 Å². The molecule has 164 valence electrons. The van der Waals surface area contributed by atoms with Crippen molar-refractivity contribution in [2.45, 2.75) is 31.6 Å². The molecule has 0 amide bonds. The van der Waals surface area contributed by atoms with Crippen LogP contribution in [0.25, 0.3) is 11.1 Å². The van der Waals surface area contributed by atoms with E-state index in [1.54, 1.807) is 49.6 Å². The van der Waals surface area contributed by atoms with Gasteiger partial charge in [0.15, 0.2) is 0 Å². The first-order chi connectivity index (χ1) is 14.2. The molecule has 9 heteroatoms. The smallest absolute Gasteiger partial charge is 0.258 e. The number of aromatic nitrogens is 1. The fraction of sp³-hybridized carbons (Fsp3) is 0.476. The van der Waals surface area contributed by atoms with Crippen molar-refractivity contribution in [3.8, 4) is 16.9 Å². The van der Waals surface area contributed by atoms with Gasteiger partial charge in [0.2, 0.25) is 17.2 Å². The van der Waals surface area contributed by atoms with Crippen LogP contribution in [0.3, 0.4) is 0 Å². The molecular weight excluding hydrogens is 414 g/mol. The number of rotatable bonds is 8. The number of hydrogen-bond acceptors (Lipinski definition) is 3. The monoisotopic (exact) mass is 440 g/mol. The van der Waals surface area contributed by atoms with Crippen molar-refractivity contribution in [3.05, 3.63) is 52.9 Å². The number of ether oxygens (including phenoxy) is 1. The Morgan fingerprint density at radius 2 is 2.00 bits per heavy atom. The molecule has 2 aromatic rings. The molecule has 30 heavy (non-hydrogen) atoms. The van der Waals surface area contributed by atoms with Crippen molar-refractivity contribution in [1.82, 2.24) is 9.29 Å². The maximum atomic E-state index is 13.9. The van der Waals surface area contributed by atoms with Crippen molar-refractivity contribution < 1.29 is 22.3 Å². The van der Waals surface area contributed by atoms with Gasteiger partial charge in [0, 0.05) is 44.1 Å². The Labute approximate surface area is 176 Å². The van der Waals surface area contributed by atoms with E-state index >= 15 is 0 Å². The molecular formula is C21H26F2N2O4S. The molecule has 0 spiro atoms. The van der Waals surface area contributed by atoms with E-state index in [4.69, 9.17) is 9.29 Å². The molecule has 0 radical (unpaired) electrons. The van der Waals surface area contributed by atoms with Gasteiger partial charge in [-0.05, 0) is 48.6 Å². The minimum absolute atomic E-state index is 0.00714. The molecule has 0 saturated heterocycles. The second kappa shape index (κ2) is 9.80. The molecule has 1 heterocycles. The zero-order chi connectivity index (χ0) is 21.7. The molecule has 0 aliphatic heterocycles. The summed E-state index contributed by atoms with van der Waals surface area (Å²) >= 11 is -2.10. The van der Waals surface area contributed by atoms with E-state index in [9.17, 15) is 17.8 Å². The van der Waals surface area contributed by atoms with Crippen LogP contribution in [0.2, 0.25) is 0 Å². The molecule has 1 aromatic heterocycles. The number of hydrogen-bond donors (Lipinski definition) is 2. The average Bonchev–Trinajstić information content (AvgIpc) is 2.70. The van der Waals surface area contributed by atoms with Crippen LogP contribution in [-0.2, 0) is 18.3 Å². The van der Waals surface area contributed by atoms with Gasteiger partial charge < -0.3 is 9.30 Å². The minimum Gasteiger partial charge on any atom is -0.493 e. The van der Waals surface area contributed by atoms with E-state index in [1.807, 2.05) is 0 Å². The lowest BCUT2D eigenvalue weighted by Crippen LogP contribution is -2.37. The number of nitrogens with one attached hydrogen (secondary N) is 1. The molecule has 6 nitrogen and oxygen atoms in total. The highest BCUT2D eigenvalue weighted by molar-refractivity contribution is 7.77. The maximum absolute atomic E-state index is 13.9. The van der Waals surface area contributed by atoms with Crippen molar-refractivity contribution in [2.75, 3.05) is 13.2 Å². The summed E-state index contributed by atoms with van der Waals surface area (Å²) in [7, 11) is 1.69. The lowest BCUT2D eigenvalue weighted by Gasteiger charge is -2.36. The van der Waals surface area contributed by atoms with Crippen molar-refractivity contribution in [2.24, 2.45) is 18.9 Å². The van der Waals surface area contributed by atoms with E-state index in [-0.39, 0.29) is 43.4 Å². The second-order valence-electron chi connectivity index (χ2n) is 7.72. The SMILES string of the molecule is Cn1cccc(-c2ccc(OC[C@@H]3CC(F)(F)CC[C@H]3CCNS(=O)O)cc2)c1=O. The van der Waals surface area contributed by atoms with E-state index in [2.05, 4.69) is 4.72 Å². The number of alkyl halides is 2. The van der Waals surface area contributed by atoms with Crippen LogP contribution in [0, 0.1) is 11.8 Å². The molecule has 1 fully saturated rings. The fourth-order valence-electron chi connectivity index (χ4n) is 3.94. The standard InChI is InChI=1S/C21H26F2N2O4S/c1-25-12-2-3-19(20(25)26)16-4-6-18(7-5-16)29-14-17-13-21(22,23)10-8-15(17)9-11-24-30(27)28/h2-7,12,15,17,24H,8-11,13-14H2,1H3,(H,27,28)/t15-,17-/m0/s1. The van der Waals surface area contributed by atoms with Crippen molar-refractivity contribution >= 4 is 11.3 Å². The summed E-state index contributed by atoms with van der Waals surface area (Å²) in [5.41, 5.74) is 1.23. The summed E-state index contributed by atoms with van der Waals surface area (Å²) in [6.07, 6.45) is 2.16. The molecule has 1 aliphatic rings. The van der Waals surface area contributed by atoms with E-state index in [0.717, 1.165) is 5.56 Å². The number of benzene rings is 1. The van der Waals surface area contributed by atoms with Gasteiger partial charge in [-0.1, -0.05) is 12.1 Å². The highest BCUT2D eigenvalue weighted by Crippen LogP contribution is 2.41. The zero-order valence-corrected chi connectivity index (χ0v) is 17.5. The fourth-order valence-corrected chi connectivity index (χ4v) is 4.23. The first-order valence-corrected chi connectivity index (χ1v) is 11.0. The molecule has 3 atom stereocenters. The van der Waals surface area contributed by atoms with Crippen LogP contribution < -0.4 is 15.0 Å². The largest absolute Gasteiger partial charge is 0.493 e. The lowest BCUT2D eigenvalue weighted by molar-refractivity contribution is -0.0776. The highest BCUT2D eigenvalue weighted by atomic mass is 32.2. The average molecular weight is 441 g/mol. The van der Waals surface area contributed by atoms with Crippen LogP contribution in [0.15, 0.2) is 47.4 Å². The zero-order valence-electron chi connectivity index (χ0n) is 16.7. The second-order valence-corrected chi connectivity index (χ2v) is 8.51. The first-order valence-electron chi connectivity index (χ1n) is 9.86. The van der Waals surface area contributed by atoms with Crippen LogP contribution in [0.1, 0.15) is 25.7 Å². The Bertz CT molecular complexity index is 933. The van der Waals surface area contributed by atoms with Crippen molar-refractivity contribution in [1.29, 1.82) is 0 Å². The normalized spacial score (nSPS) is 21.9. The summed E-state index contributed by atoms with van der Waals surface area (Å²) in [4.78, 5) is 12.2. The Morgan fingerprint density at radius 1 is 1.27 bits per heavy atom. The minimum atomic E-state index is -2.71. The van der Waals surface area contributed by atoms with Gasteiger partial charge in [0.25, 0.3) is 5.56 Å². The molecule has 1 aromatic carbocycles. The molecule has 2 N–H and O–H groups in total. The summed E-state index contributed by atoms with van der Waals surface area (Å²) in [6, 6.07) is 10.6. The number of aryl methyl sites for hydroxylation is 1. The van der Waals surface area contributed by atoms with Crippen molar-refractivity contribution in [3.63, 3.8) is 0 Å². The Hall–Kier alpha value is -2.10. The number of halogens is 2. The summed E-state index contributed by atoms with van der Waals surface area (Å²) in [5.74, 6) is -2.51. The lowest BCUT2D eigenvalue weighted by atomic mass is 9.76. The van der Waals surface area contributed by atoms with Crippen LogP contribution >= 0.6 is 0 Å². The predicted molar refractivity (Wildman–Crippen MR) is 112 cm³/mol.